The summed E-state index contributed by atoms with van der Waals surface area (Å²) in [7, 11) is 0. The van der Waals surface area contributed by atoms with Gasteiger partial charge in [-0.1, -0.05) is 98.8 Å². The third-order valence-corrected chi connectivity index (χ3v) is 8.46. The minimum atomic E-state index is -0.217. The number of carbonyl (C=O) groups is 2. The highest BCUT2D eigenvalue weighted by molar-refractivity contribution is 6.13. The Balaban J connectivity index is 1.30. The number of rotatable bonds is 5. The average molecular weight is 544 g/mol. The van der Waals surface area contributed by atoms with Crippen molar-refractivity contribution in [2.45, 2.75) is 19.3 Å². The molecule has 0 spiro atoms. The van der Waals surface area contributed by atoms with E-state index in [0.717, 1.165) is 33.7 Å². The first-order valence-electron chi connectivity index (χ1n) is 14.2. The molecule has 0 unspecified atom stereocenters. The highest BCUT2D eigenvalue weighted by atomic mass is 16.1. The summed E-state index contributed by atoms with van der Waals surface area (Å²) in [5.41, 5.74) is 7.59. The molecule has 0 saturated carbocycles. The Hall–Kier alpha value is -5.28. The van der Waals surface area contributed by atoms with Crippen LogP contribution in [0.15, 0.2) is 127 Å². The Bertz CT molecular complexity index is 2050. The molecule has 1 heterocycles. The van der Waals surface area contributed by atoms with Gasteiger partial charge < -0.3 is 4.90 Å². The Morgan fingerprint density at radius 2 is 1.40 bits per heavy atom. The van der Waals surface area contributed by atoms with Gasteiger partial charge in [0, 0.05) is 22.2 Å². The van der Waals surface area contributed by atoms with Gasteiger partial charge in [0.15, 0.2) is 12.1 Å². The topological polar surface area (TPSA) is 37.4 Å². The third kappa shape index (κ3) is 4.13. The van der Waals surface area contributed by atoms with Gasteiger partial charge in [0.05, 0.1) is 11.4 Å². The Morgan fingerprint density at radius 1 is 0.690 bits per heavy atom. The summed E-state index contributed by atoms with van der Waals surface area (Å²) in [6.45, 7) is 4.60. The van der Waals surface area contributed by atoms with Gasteiger partial charge in [0.1, 0.15) is 0 Å². The van der Waals surface area contributed by atoms with Gasteiger partial charge in [-0.15, -0.1) is 0 Å². The van der Waals surface area contributed by atoms with Gasteiger partial charge in [0.2, 0.25) is 0 Å². The molecule has 0 aromatic heterocycles. The summed E-state index contributed by atoms with van der Waals surface area (Å²) in [4.78, 5) is 27.4. The number of anilines is 3. The lowest BCUT2D eigenvalue weighted by Gasteiger charge is -2.42. The van der Waals surface area contributed by atoms with Crippen molar-refractivity contribution in [3.05, 3.63) is 155 Å². The second-order valence-corrected chi connectivity index (χ2v) is 11.4. The molecule has 0 N–H and O–H groups in total. The molecular formula is C39H29NO2. The summed E-state index contributed by atoms with van der Waals surface area (Å²) in [5, 5.41) is 4.18. The maximum Gasteiger partial charge on any atom is 0.186 e. The molecule has 0 saturated heterocycles. The highest BCUT2D eigenvalue weighted by Crippen LogP contribution is 2.53. The predicted octanol–water partition coefficient (Wildman–Crippen LogP) is 9.81. The Morgan fingerprint density at radius 3 is 2.19 bits per heavy atom. The molecule has 0 fully saturated rings. The van der Waals surface area contributed by atoms with E-state index in [-0.39, 0.29) is 11.2 Å². The number of ketones is 1. The van der Waals surface area contributed by atoms with Gasteiger partial charge in [-0.25, -0.2) is 0 Å². The fraction of sp³-hybridized carbons (Fsp3) is 0.0769. The number of hydrogen-bond donors (Lipinski definition) is 0. The zero-order chi connectivity index (χ0) is 28.8. The number of nitrogens with zero attached hydrogens (tertiary/aromatic N) is 1. The van der Waals surface area contributed by atoms with E-state index in [1.165, 1.54) is 27.9 Å². The number of para-hydroxylation sites is 2. The number of carbonyl (C=O) groups excluding carboxylic acids is 2. The number of fused-ring (bicyclic) bond motifs is 5. The summed E-state index contributed by atoms with van der Waals surface area (Å²) >= 11 is 0. The number of aldehydes is 1. The lowest BCUT2D eigenvalue weighted by molar-refractivity contribution is 0.103. The average Bonchev–Trinajstić information content (AvgIpc) is 3.03. The Labute approximate surface area is 245 Å². The number of benzene rings is 6. The standard InChI is InChI=1S/C39H29NO2/c1-39(2)34-14-8-9-15-35(34)40(31-12-4-3-5-13-31)36-20-18-29-22-26(16-19-32(29)38(36)39)17-21-37(42)33-24-28-11-7-6-10-27(28)23-30(33)25-41/h3-25H,1-2H3/b21-17-. The van der Waals surface area contributed by atoms with E-state index in [9.17, 15) is 9.59 Å². The first-order valence-corrected chi connectivity index (χ1v) is 14.2. The molecule has 0 amide bonds. The highest BCUT2D eigenvalue weighted by Gasteiger charge is 2.37. The van der Waals surface area contributed by atoms with E-state index in [1.807, 2.05) is 36.4 Å². The van der Waals surface area contributed by atoms with Crippen LogP contribution in [0.25, 0.3) is 27.6 Å². The van der Waals surface area contributed by atoms with Crippen molar-refractivity contribution in [3.63, 3.8) is 0 Å². The SMILES string of the molecule is CC1(C)c2ccccc2N(c2ccccc2)c2ccc3cc(/C=C\C(=O)c4cc5ccccc5cc4C=O)ccc3c21. The van der Waals surface area contributed by atoms with E-state index in [2.05, 4.69) is 97.6 Å². The molecule has 6 aromatic carbocycles. The molecule has 0 bridgehead atoms. The first kappa shape index (κ1) is 25.7. The lowest BCUT2D eigenvalue weighted by atomic mass is 9.71. The van der Waals surface area contributed by atoms with Crippen molar-refractivity contribution in [3.8, 4) is 0 Å². The molecule has 1 aliphatic rings. The maximum absolute atomic E-state index is 13.2. The van der Waals surface area contributed by atoms with Gasteiger partial charge in [0.25, 0.3) is 0 Å². The van der Waals surface area contributed by atoms with Crippen molar-refractivity contribution < 1.29 is 9.59 Å². The molecule has 0 atom stereocenters. The van der Waals surface area contributed by atoms with Crippen LogP contribution in [-0.2, 0) is 5.41 Å². The molecule has 1 aliphatic heterocycles. The van der Waals surface area contributed by atoms with E-state index < -0.39 is 0 Å². The van der Waals surface area contributed by atoms with Crippen molar-refractivity contribution in [1.82, 2.24) is 0 Å². The molecule has 6 aromatic rings. The molecule has 0 radical (unpaired) electrons. The minimum absolute atomic E-state index is 0.190. The van der Waals surface area contributed by atoms with Crippen molar-refractivity contribution in [2.24, 2.45) is 0 Å². The molecule has 3 nitrogen and oxygen atoms in total. The Kier molecular flexibility index (Phi) is 6.09. The fourth-order valence-corrected chi connectivity index (χ4v) is 6.43. The monoisotopic (exact) mass is 543 g/mol. The van der Waals surface area contributed by atoms with Crippen LogP contribution in [0.2, 0.25) is 0 Å². The van der Waals surface area contributed by atoms with Gasteiger partial charge >= 0.3 is 0 Å². The smallest absolute Gasteiger partial charge is 0.186 e. The molecule has 7 rings (SSSR count). The van der Waals surface area contributed by atoms with Crippen LogP contribution < -0.4 is 4.90 Å². The van der Waals surface area contributed by atoms with Crippen molar-refractivity contribution in [1.29, 1.82) is 0 Å². The second-order valence-electron chi connectivity index (χ2n) is 11.4. The first-order chi connectivity index (χ1) is 20.5. The van der Waals surface area contributed by atoms with Crippen LogP contribution in [0.4, 0.5) is 17.1 Å². The van der Waals surface area contributed by atoms with Gasteiger partial charge in [-0.3, -0.25) is 9.59 Å². The number of hydrogen-bond acceptors (Lipinski definition) is 3. The van der Waals surface area contributed by atoms with Crippen molar-refractivity contribution >= 4 is 56.8 Å². The third-order valence-electron chi connectivity index (χ3n) is 8.46. The van der Waals surface area contributed by atoms with Gasteiger partial charge in [-0.05, 0) is 86.8 Å². The quantitative estimate of drug-likeness (QED) is 0.123. The van der Waals surface area contributed by atoms with Crippen LogP contribution in [0.5, 0.6) is 0 Å². The van der Waals surface area contributed by atoms with Crippen LogP contribution in [-0.4, -0.2) is 12.1 Å². The molecule has 3 heteroatoms. The zero-order valence-corrected chi connectivity index (χ0v) is 23.5. The molecule has 202 valence electrons. The maximum atomic E-state index is 13.2. The van der Waals surface area contributed by atoms with Crippen LogP contribution in [0.3, 0.4) is 0 Å². The summed E-state index contributed by atoms with van der Waals surface area (Å²) in [6, 6.07) is 41.2. The molecule has 42 heavy (non-hydrogen) atoms. The van der Waals surface area contributed by atoms with Gasteiger partial charge in [-0.2, -0.15) is 0 Å². The number of allylic oxidation sites excluding steroid dienone is 1. The predicted molar refractivity (Wildman–Crippen MR) is 173 cm³/mol. The minimum Gasteiger partial charge on any atom is -0.310 e. The van der Waals surface area contributed by atoms with Crippen LogP contribution in [0, 0.1) is 0 Å². The van der Waals surface area contributed by atoms with Crippen LogP contribution >= 0.6 is 0 Å². The summed E-state index contributed by atoms with van der Waals surface area (Å²) < 4.78 is 0. The van der Waals surface area contributed by atoms with Crippen LogP contribution in [0.1, 0.15) is 51.3 Å². The second kappa shape index (κ2) is 9.97. The largest absolute Gasteiger partial charge is 0.310 e. The lowest BCUT2D eigenvalue weighted by Crippen LogP contribution is -2.30. The normalized spacial score (nSPS) is 13.7. The summed E-state index contributed by atoms with van der Waals surface area (Å²) in [5.74, 6) is -0.190. The van der Waals surface area contributed by atoms with E-state index in [0.29, 0.717) is 11.1 Å². The fourth-order valence-electron chi connectivity index (χ4n) is 6.43. The zero-order valence-electron chi connectivity index (χ0n) is 23.5. The van der Waals surface area contributed by atoms with E-state index in [4.69, 9.17) is 0 Å². The van der Waals surface area contributed by atoms with Crippen molar-refractivity contribution in [2.75, 3.05) is 4.90 Å². The summed E-state index contributed by atoms with van der Waals surface area (Å²) in [6.07, 6.45) is 4.15. The molecular weight excluding hydrogens is 514 g/mol. The van der Waals surface area contributed by atoms with E-state index in [1.54, 1.807) is 18.2 Å². The van der Waals surface area contributed by atoms with E-state index >= 15 is 0 Å². The molecule has 0 aliphatic carbocycles.